The number of carbonyl (C=O) groups is 1. The number of amides is 1. The molecule has 32 heavy (non-hydrogen) atoms. The molecule has 2 saturated heterocycles. The molecule has 178 valence electrons. The van der Waals surface area contributed by atoms with E-state index < -0.39 is 20.2 Å². The molecule has 2 fully saturated rings. The van der Waals surface area contributed by atoms with Crippen molar-refractivity contribution in [2.45, 2.75) is 24.7 Å². The highest BCUT2D eigenvalue weighted by Gasteiger charge is 2.37. The van der Waals surface area contributed by atoms with Gasteiger partial charge in [-0.25, -0.2) is 8.42 Å². The SMILES string of the molecule is CC(=O)N1CCCc2cc(S(=O)(=O)N3CCN(S(=O)(=O)N4CCN(C)CC4)CC3)ccc21. The second kappa shape index (κ2) is 8.99. The zero-order chi connectivity index (χ0) is 23.1. The number of fused-ring (bicyclic) bond motifs is 1. The predicted molar refractivity (Wildman–Crippen MR) is 121 cm³/mol. The van der Waals surface area contributed by atoms with Gasteiger partial charge in [-0.3, -0.25) is 4.79 Å². The molecule has 3 heterocycles. The van der Waals surface area contributed by atoms with Crippen molar-refractivity contribution in [3.8, 4) is 0 Å². The van der Waals surface area contributed by atoms with Crippen LogP contribution in [0.25, 0.3) is 0 Å². The molecule has 12 heteroatoms. The topological polar surface area (TPSA) is 102 Å². The molecule has 1 amide bonds. The van der Waals surface area contributed by atoms with Gasteiger partial charge in [-0.05, 0) is 43.7 Å². The van der Waals surface area contributed by atoms with Gasteiger partial charge >= 0.3 is 0 Å². The van der Waals surface area contributed by atoms with Gasteiger partial charge in [-0.2, -0.15) is 21.3 Å². The van der Waals surface area contributed by atoms with Crippen LogP contribution in [0.2, 0.25) is 0 Å². The molecule has 0 bridgehead atoms. The van der Waals surface area contributed by atoms with Crippen molar-refractivity contribution in [2.75, 3.05) is 70.9 Å². The van der Waals surface area contributed by atoms with E-state index in [1.165, 1.54) is 19.8 Å². The van der Waals surface area contributed by atoms with Gasteiger partial charge in [0, 0.05) is 71.5 Å². The third-order valence-corrected chi connectivity index (χ3v) is 10.4. The van der Waals surface area contributed by atoms with E-state index in [1.807, 2.05) is 7.05 Å². The van der Waals surface area contributed by atoms with E-state index in [2.05, 4.69) is 4.90 Å². The summed E-state index contributed by atoms with van der Waals surface area (Å²) in [5, 5.41) is 0. The molecule has 0 N–H and O–H groups in total. The number of hydrogen-bond donors (Lipinski definition) is 0. The minimum atomic E-state index is -3.75. The van der Waals surface area contributed by atoms with Gasteiger partial charge in [0.15, 0.2) is 0 Å². The summed E-state index contributed by atoms with van der Waals surface area (Å²) in [6.07, 6.45) is 1.51. The molecule has 3 aliphatic heterocycles. The fraction of sp³-hybridized carbons (Fsp3) is 0.650. The van der Waals surface area contributed by atoms with Crippen molar-refractivity contribution in [3.63, 3.8) is 0 Å². The van der Waals surface area contributed by atoms with Crippen LogP contribution in [-0.4, -0.2) is 107 Å². The average molecular weight is 486 g/mol. The first-order valence-corrected chi connectivity index (χ1v) is 13.8. The van der Waals surface area contributed by atoms with Crippen LogP contribution < -0.4 is 4.90 Å². The lowest BCUT2D eigenvalue weighted by molar-refractivity contribution is -0.116. The fourth-order valence-corrected chi connectivity index (χ4v) is 7.58. The first-order valence-electron chi connectivity index (χ1n) is 11.0. The molecule has 1 aromatic rings. The minimum absolute atomic E-state index is 0.0563. The molecule has 1 aromatic carbocycles. The van der Waals surface area contributed by atoms with Crippen molar-refractivity contribution in [2.24, 2.45) is 0 Å². The molecule has 4 rings (SSSR count). The minimum Gasteiger partial charge on any atom is -0.312 e. The van der Waals surface area contributed by atoms with Gasteiger partial charge < -0.3 is 9.80 Å². The van der Waals surface area contributed by atoms with Gasteiger partial charge in [0.25, 0.3) is 10.2 Å². The van der Waals surface area contributed by atoms with E-state index in [9.17, 15) is 21.6 Å². The van der Waals surface area contributed by atoms with Crippen LogP contribution in [0.3, 0.4) is 0 Å². The van der Waals surface area contributed by atoms with Gasteiger partial charge in [-0.15, -0.1) is 0 Å². The van der Waals surface area contributed by atoms with E-state index in [0.717, 1.165) is 24.1 Å². The molecule has 0 spiro atoms. The Balaban J connectivity index is 1.46. The molecule has 3 aliphatic rings. The molecule has 0 unspecified atom stereocenters. The van der Waals surface area contributed by atoms with Crippen molar-refractivity contribution in [1.29, 1.82) is 0 Å². The summed E-state index contributed by atoms with van der Waals surface area (Å²) < 4.78 is 56.6. The van der Waals surface area contributed by atoms with Gasteiger partial charge in [0.05, 0.1) is 4.90 Å². The highest BCUT2D eigenvalue weighted by molar-refractivity contribution is 7.89. The fourth-order valence-electron chi connectivity index (χ4n) is 4.53. The quantitative estimate of drug-likeness (QED) is 0.585. The molecule has 0 saturated carbocycles. The lowest BCUT2D eigenvalue weighted by Gasteiger charge is -2.38. The smallest absolute Gasteiger partial charge is 0.282 e. The monoisotopic (exact) mass is 485 g/mol. The van der Waals surface area contributed by atoms with Crippen molar-refractivity contribution < 1.29 is 21.6 Å². The van der Waals surface area contributed by atoms with E-state index in [4.69, 9.17) is 0 Å². The Kier molecular flexibility index (Phi) is 6.63. The lowest BCUT2D eigenvalue weighted by atomic mass is 10.0. The second-order valence-corrected chi connectivity index (χ2v) is 12.4. The molecule has 0 radical (unpaired) electrons. The van der Waals surface area contributed by atoms with Crippen molar-refractivity contribution in [3.05, 3.63) is 23.8 Å². The summed E-state index contributed by atoms with van der Waals surface area (Å²) in [7, 11) is -5.37. The molecule has 0 atom stereocenters. The van der Waals surface area contributed by atoms with Crippen molar-refractivity contribution >= 4 is 31.8 Å². The normalized spacial score (nSPS) is 22.6. The van der Waals surface area contributed by atoms with E-state index in [0.29, 0.717) is 32.7 Å². The third-order valence-electron chi connectivity index (χ3n) is 6.50. The van der Waals surface area contributed by atoms with E-state index in [1.54, 1.807) is 23.1 Å². The Hall–Kier alpha value is -1.57. The van der Waals surface area contributed by atoms with E-state index in [-0.39, 0.29) is 37.0 Å². The maximum atomic E-state index is 13.2. The summed E-state index contributed by atoms with van der Waals surface area (Å²) in [6, 6.07) is 4.91. The highest BCUT2D eigenvalue weighted by Crippen LogP contribution is 2.31. The number of hydrogen-bond acceptors (Lipinski definition) is 6. The van der Waals surface area contributed by atoms with Crippen LogP contribution in [0.15, 0.2) is 23.1 Å². The number of aryl methyl sites for hydroxylation is 1. The standard InChI is InChI=1S/C20H31N5O5S2/c1-17(26)25-7-3-4-18-16-19(5-6-20(18)25)31(27,28)22-12-14-24(15-13-22)32(29,30)23-10-8-21(2)9-11-23/h5-6,16H,3-4,7-15H2,1-2H3. The Morgan fingerprint density at radius 1 is 0.812 bits per heavy atom. The molecule has 0 aromatic heterocycles. The van der Waals surface area contributed by atoms with Gasteiger partial charge in [0.2, 0.25) is 15.9 Å². The van der Waals surface area contributed by atoms with Crippen LogP contribution in [0.5, 0.6) is 0 Å². The summed E-state index contributed by atoms with van der Waals surface area (Å²) in [5.41, 5.74) is 1.62. The zero-order valence-corrected chi connectivity index (χ0v) is 20.2. The first kappa shape index (κ1) is 23.6. The Labute approximate surface area is 190 Å². The molecular formula is C20H31N5O5S2. The Bertz CT molecular complexity index is 1080. The number of likely N-dealkylation sites (N-methyl/N-ethyl adjacent to an activating group) is 1. The molecule has 10 nitrogen and oxygen atoms in total. The number of piperazine rings is 2. The number of carbonyl (C=O) groups excluding carboxylic acids is 1. The van der Waals surface area contributed by atoms with E-state index >= 15 is 0 Å². The number of nitrogens with zero attached hydrogens (tertiary/aromatic N) is 5. The second-order valence-electron chi connectivity index (χ2n) is 8.58. The molecule has 0 aliphatic carbocycles. The number of rotatable bonds is 4. The average Bonchev–Trinajstić information content (AvgIpc) is 2.78. The summed E-state index contributed by atoms with van der Waals surface area (Å²) in [6.45, 7) is 4.92. The lowest BCUT2D eigenvalue weighted by Crippen LogP contribution is -2.57. The Morgan fingerprint density at radius 2 is 1.38 bits per heavy atom. The largest absolute Gasteiger partial charge is 0.312 e. The number of benzene rings is 1. The summed E-state index contributed by atoms with van der Waals surface area (Å²) >= 11 is 0. The number of sulfonamides is 1. The maximum absolute atomic E-state index is 13.2. The van der Waals surface area contributed by atoms with Crippen molar-refractivity contribution in [1.82, 2.24) is 17.8 Å². The van der Waals surface area contributed by atoms with Gasteiger partial charge in [0.1, 0.15) is 0 Å². The maximum Gasteiger partial charge on any atom is 0.282 e. The number of anilines is 1. The van der Waals surface area contributed by atoms with Crippen LogP contribution in [0.4, 0.5) is 5.69 Å². The highest BCUT2D eigenvalue weighted by atomic mass is 32.2. The summed E-state index contributed by atoms with van der Waals surface area (Å²) in [4.78, 5) is 15.8. The van der Waals surface area contributed by atoms with Gasteiger partial charge in [-0.1, -0.05) is 0 Å². The van der Waals surface area contributed by atoms with Crippen LogP contribution >= 0.6 is 0 Å². The summed E-state index contributed by atoms with van der Waals surface area (Å²) in [5.74, 6) is -0.0563. The zero-order valence-electron chi connectivity index (χ0n) is 18.6. The predicted octanol–water partition coefficient (Wildman–Crippen LogP) is -0.216. The third kappa shape index (κ3) is 4.44. The van der Waals surface area contributed by atoms with Crippen LogP contribution in [0.1, 0.15) is 18.9 Å². The molecular weight excluding hydrogens is 454 g/mol. The van der Waals surface area contributed by atoms with Crippen LogP contribution in [-0.2, 0) is 31.4 Å². The first-order chi connectivity index (χ1) is 15.1. The van der Waals surface area contributed by atoms with Crippen LogP contribution in [0, 0.1) is 0 Å². The Morgan fingerprint density at radius 3 is 1.97 bits per heavy atom.